The molecule has 7 atom stereocenters. The summed E-state index contributed by atoms with van der Waals surface area (Å²) in [5.41, 5.74) is 0.756. The summed E-state index contributed by atoms with van der Waals surface area (Å²) in [6.45, 7) is 4.00. The van der Waals surface area contributed by atoms with Crippen LogP contribution >= 0.6 is 11.6 Å². The maximum atomic E-state index is 13.6. The molecule has 3 aliphatic rings. The van der Waals surface area contributed by atoms with Crippen LogP contribution in [0.1, 0.15) is 58.8 Å². The van der Waals surface area contributed by atoms with Gasteiger partial charge >= 0.3 is 0 Å². The molecule has 2 saturated carbocycles. The van der Waals surface area contributed by atoms with Crippen LogP contribution in [0.25, 0.3) is 0 Å². The highest BCUT2D eigenvalue weighted by Gasteiger charge is 2.38. The average Bonchev–Trinajstić information content (AvgIpc) is 2.78. The lowest BCUT2D eigenvalue weighted by Gasteiger charge is -2.40. The second-order valence-electron chi connectivity index (χ2n) is 8.84. The minimum atomic E-state index is -1.09. The lowest BCUT2D eigenvalue weighted by Crippen LogP contribution is -2.55. The quantitative estimate of drug-likeness (QED) is 0.368. The van der Waals surface area contributed by atoms with E-state index in [0.717, 1.165) is 18.5 Å². The summed E-state index contributed by atoms with van der Waals surface area (Å²) in [6.07, 6.45) is 4.38. The van der Waals surface area contributed by atoms with Crippen molar-refractivity contribution in [1.29, 1.82) is 0 Å². The number of rotatable bonds is 8. The van der Waals surface area contributed by atoms with E-state index < -0.39 is 11.5 Å². The molecule has 0 spiro atoms. The van der Waals surface area contributed by atoms with E-state index in [-0.39, 0.29) is 55.2 Å². The van der Waals surface area contributed by atoms with Gasteiger partial charge in [0.25, 0.3) is 0 Å². The molecule has 2 amide bonds. The molecule has 3 fully saturated rings. The fourth-order valence-corrected chi connectivity index (χ4v) is 4.69. The topological polar surface area (TPSA) is 97.9 Å². The summed E-state index contributed by atoms with van der Waals surface area (Å²) in [4.78, 5) is 35.4. The first kappa shape index (κ1) is 25.4. The van der Waals surface area contributed by atoms with E-state index in [9.17, 15) is 14.0 Å². The van der Waals surface area contributed by atoms with E-state index in [2.05, 4.69) is 16.0 Å². The van der Waals surface area contributed by atoms with Gasteiger partial charge in [0.15, 0.2) is 0 Å². The largest absolute Gasteiger partial charge is 0.368 e. The molecule has 0 bridgehead atoms. The summed E-state index contributed by atoms with van der Waals surface area (Å²) >= 11 is 5.87. The van der Waals surface area contributed by atoms with Gasteiger partial charge in [-0.1, -0.05) is 6.08 Å². The maximum Gasteiger partial charge on any atom is 0.246 e. The molecule has 0 radical (unpaired) electrons. The molecule has 2 aliphatic carbocycles. The van der Waals surface area contributed by atoms with Crippen molar-refractivity contribution in [3.8, 4) is 0 Å². The van der Waals surface area contributed by atoms with Crippen molar-refractivity contribution in [3.05, 3.63) is 11.8 Å². The molecule has 1 heterocycles. The minimum Gasteiger partial charge on any atom is -0.368 e. The molecule has 7 unspecified atom stereocenters. The first-order valence-electron chi connectivity index (χ1n) is 11.6. The zero-order chi connectivity index (χ0) is 23.1. The first-order chi connectivity index (χ1) is 15.4. The molecule has 1 aliphatic heterocycles. The van der Waals surface area contributed by atoms with Crippen molar-refractivity contribution < 1.29 is 28.5 Å². The van der Waals surface area contributed by atoms with Crippen LogP contribution in [0.15, 0.2) is 11.8 Å². The Labute approximate surface area is 193 Å². The number of nitrogens with one attached hydrogen (secondary N) is 3. The summed E-state index contributed by atoms with van der Waals surface area (Å²) in [7, 11) is 0. The van der Waals surface area contributed by atoms with Crippen LogP contribution in [0.2, 0.25) is 0 Å². The molecule has 0 aromatic heterocycles. The Balaban J connectivity index is 1.32. The van der Waals surface area contributed by atoms with Crippen LogP contribution in [0.5, 0.6) is 0 Å². The van der Waals surface area contributed by atoms with Gasteiger partial charge in [0.05, 0.1) is 11.5 Å². The van der Waals surface area contributed by atoms with Crippen molar-refractivity contribution in [2.45, 2.75) is 94.8 Å². The number of alkyl halides is 2. The molecule has 1 saturated heterocycles. The highest BCUT2D eigenvalue weighted by atomic mass is 35.5. The number of allylic oxidation sites excluding steroid dienone is 1. The second kappa shape index (κ2) is 12.3. The van der Waals surface area contributed by atoms with E-state index in [1.165, 1.54) is 0 Å². The molecule has 0 aromatic rings. The molecule has 0 aromatic carbocycles. The van der Waals surface area contributed by atoms with Crippen LogP contribution in [-0.2, 0) is 24.1 Å². The molecule has 32 heavy (non-hydrogen) atoms. The van der Waals surface area contributed by atoms with Crippen molar-refractivity contribution in [2.24, 2.45) is 5.92 Å². The van der Waals surface area contributed by atoms with Crippen LogP contribution in [0.4, 0.5) is 4.39 Å². The van der Waals surface area contributed by atoms with Gasteiger partial charge < -0.3 is 15.4 Å². The fourth-order valence-electron chi connectivity index (χ4n) is 4.46. The zero-order valence-electron chi connectivity index (χ0n) is 18.8. The van der Waals surface area contributed by atoms with Crippen molar-refractivity contribution >= 4 is 23.4 Å². The van der Waals surface area contributed by atoms with Gasteiger partial charge in [0.1, 0.15) is 25.1 Å². The number of amides is 2. The second-order valence-corrected chi connectivity index (χ2v) is 9.40. The number of fused-ring (bicyclic) bond motifs is 1. The molecular weight excluding hydrogens is 441 g/mol. The minimum absolute atomic E-state index is 0.0379. The van der Waals surface area contributed by atoms with Gasteiger partial charge in [-0.3, -0.25) is 14.9 Å². The SMILES string of the molecule is C/C=C(\CCNC(=O)COC1CCC(Cl)C(F)C1)NC(=O)C1CCC2NC(C)OOC2C1. The van der Waals surface area contributed by atoms with E-state index in [4.69, 9.17) is 26.1 Å². The molecule has 10 heteroatoms. The Kier molecular flexibility index (Phi) is 9.73. The van der Waals surface area contributed by atoms with Crippen LogP contribution in [0, 0.1) is 5.92 Å². The Morgan fingerprint density at radius 2 is 2.03 bits per heavy atom. The van der Waals surface area contributed by atoms with Gasteiger partial charge in [0.2, 0.25) is 11.8 Å². The van der Waals surface area contributed by atoms with E-state index in [1.807, 2.05) is 19.9 Å². The van der Waals surface area contributed by atoms with Crippen LogP contribution < -0.4 is 16.0 Å². The molecule has 3 N–H and O–H groups in total. The predicted molar refractivity (Wildman–Crippen MR) is 117 cm³/mol. The number of halogens is 2. The molecule has 8 nitrogen and oxygen atoms in total. The van der Waals surface area contributed by atoms with Gasteiger partial charge in [-0.2, -0.15) is 0 Å². The van der Waals surface area contributed by atoms with Gasteiger partial charge in [-0.15, -0.1) is 11.6 Å². The number of hydrogen-bond acceptors (Lipinski definition) is 6. The number of carbonyl (C=O) groups excluding carboxylic acids is 2. The monoisotopic (exact) mass is 475 g/mol. The van der Waals surface area contributed by atoms with Crippen molar-refractivity contribution in [1.82, 2.24) is 16.0 Å². The van der Waals surface area contributed by atoms with E-state index in [0.29, 0.717) is 32.2 Å². The highest BCUT2D eigenvalue weighted by Crippen LogP contribution is 2.30. The highest BCUT2D eigenvalue weighted by molar-refractivity contribution is 6.21. The van der Waals surface area contributed by atoms with Crippen LogP contribution in [0.3, 0.4) is 0 Å². The Morgan fingerprint density at radius 1 is 1.22 bits per heavy atom. The van der Waals surface area contributed by atoms with Crippen LogP contribution in [-0.4, -0.2) is 61.0 Å². The standard InChI is InChI=1S/C22H35ClFN3O5/c1-3-15(8-9-25-21(28)12-30-16-5-6-17(23)18(24)11-16)27-22(29)14-4-7-19-20(10-14)32-31-13(2)26-19/h3,13-14,16-20,26H,4-12H2,1-2H3,(H,25,28)(H,27,29)/b15-3+. The first-order valence-corrected chi connectivity index (χ1v) is 12.0. The number of carbonyl (C=O) groups is 2. The third-order valence-corrected chi connectivity index (χ3v) is 6.87. The van der Waals surface area contributed by atoms with E-state index in [1.54, 1.807) is 0 Å². The normalized spacial score (nSPS) is 35.6. The third kappa shape index (κ3) is 7.38. The summed E-state index contributed by atoms with van der Waals surface area (Å²) < 4.78 is 19.2. The molecular formula is C22H35ClFN3O5. The van der Waals surface area contributed by atoms with Gasteiger partial charge in [-0.05, 0) is 46.0 Å². The van der Waals surface area contributed by atoms with Crippen molar-refractivity contribution in [3.63, 3.8) is 0 Å². The van der Waals surface area contributed by atoms with Gasteiger partial charge in [0, 0.05) is 37.0 Å². The summed E-state index contributed by atoms with van der Waals surface area (Å²) in [6, 6.07) is 0.210. The van der Waals surface area contributed by atoms with Crippen molar-refractivity contribution in [2.75, 3.05) is 13.2 Å². The average molecular weight is 476 g/mol. The molecule has 182 valence electrons. The Hall–Kier alpha value is -1.26. The Morgan fingerprint density at radius 3 is 2.78 bits per heavy atom. The van der Waals surface area contributed by atoms with Gasteiger partial charge in [-0.25, -0.2) is 14.2 Å². The number of ether oxygens (including phenoxy) is 1. The lowest BCUT2D eigenvalue weighted by atomic mass is 9.83. The fraction of sp³-hybridized carbons (Fsp3) is 0.818. The number of hydrogen-bond donors (Lipinski definition) is 3. The summed E-state index contributed by atoms with van der Waals surface area (Å²) in [5, 5.41) is 8.63. The maximum absolute atomic E-state index is 13.6. The predicted octanol–water partition coefficient (Wildman–Crippen LogP) is 2.46. The van der Waals surface area contributed by atoms with E-state index >= 15 is 0 Å². The molecule has 3 rings (SSSR count). The lowest BCUT2D eigenvalue weighted by molar-refractivity contribution is -0.387. The Bertz CT molecular complexity index is 682. The smallest absolute Gasteiger partial charge is 0.246 e. The summed E-state index contributed by atoms with van der Waals surface area (Å²) in [5.74, 6) is -0.441. The zero-order valence-corrected chi connectivity index (χ0v) is 19.5. The third-order valence-electron chi connectivity index (χ3n) is 6.38.